The van der Waals surface area contributed by atoms with Gasteiger partial charge in [-0.3, -0.25) is 10.1 Å². The maximum atomic E-state index is 12.4. The number of hydrogen-bond acceptors (Lipinski definition) is 3. The molecule has 1 N–H and O–H groups in total. The summed E-state index contributed by atoms with van der Waals surface area (Å²) < 4.78 is 0. The van der Waals surface area contributed by atoms with E-state index in [0.717, 1.165) is 32.4 Å². The van der Waals surface area contributed by atoms with Crippen LogP contribution in [0.2, 0.25) is 0 Å². The van der Waals surface area contributed by atoms with Gasteiger partial charge < -0.3 is 9.80 Å². The molecule has 0 aromatic heterocycles. The molecular weight excluding hydrogens is 214 g/mol. The number of nitrogens with one attached hydrogen (secondary N) is 1. The first kappa shape index (κ1) is 14.5. The topological polar surface area (TPSA) is 35.6 Å². The minimum absolute atomic E-state index is 0.217. The summed E-state index contributed by atoms with van der Waals surface area (Å²) in [7, 11) is 4.13. The van der Waals surface area contributed by atoms with Gasteiger partial charge in [0.05, 0.1) is 11.7 Å². The second-order valence-electron chi connectivity index (χ2n) is 5.41. The van der Waals surface area contributed by atoms with Crippen LogP contribution in [0.3, 0.4) is 0 Å². The molecule has 0 saturated carbocycles. The zero-order chi connectivity index (χ0) is 13.1. The minimum atomic E-state index is -0.348. The molecule has 2 unspecified atom stereocenters. The number of carbonyl (C=O) groups is 1. The van der Waals surface area contributed by atoms with E-state index in [2.05, 4.69) is 38.2 Å². The van der Waals surface area contributed by atoms with Crippen molar-refractivity contribution in [2.24, 2.45) is 0 Å². The highest BCUT2D eigenvalue weighted by atomic mass is 16.2. The summed E-state index contributed by atoms with van der Waals surface area (Å²) in [4.78, 5) is 16.5. The Morgan fingerprint density at radius 3 is 2.53 bits per heavy atom. The molecule has 1 saturated heterocycles. The molecule has 100 valence electrons. The van der Waals surface area contributed by atoms with Crippen LogP contribution in [0.25, 0.3) is 0 Å². The predicted molar refractivity (Wildman–Crippen MR) is 70.8 cm³/mol. The second kappa shape index (κ2) is 5.83. The van der Waals surface area contributed by atoms with Crippen LogP contribution in [0.5, 0.6) is 0 Å². The normalized spacial score (nSPS) is 29.4. The van der Waals surface area contributed by atoms with Gasteiger partial charge in [-0.15, -0.1) is 0 Å². The van der Waals surface area contributed by atoms with Crippen LogP contribution < -0.4 is 5.32 Å². The van der Waals surface area contributed by atoms with Gasteiger partial charge in [0, 0.05) is 6.54 Å². The number of rotatable bonds is 6. The fourth-order valence-electron chi connectivity index (χ4n) is 2.36. The molecule has 1 aliphatic heterocycles. The van der Waals surface area contributed by atoms with Crippen LogP contribution in [-0.2, 0) is 4.79 Å². The Labute approximate surface area is 105 Å². The maximum Gasteiger partial charge on any atom is 0.243 e. The lowest BCUT2D eigenvalue weighted by molar-refractivity contribution is -0.133. The molecule has 4 heteroatoms. The molecule has 17 heavy (non-hydrogen) atoms. The van der Waals surface area contributed by atoms with Gasteiger partial charge in [0.1, 0.15) is 0 Å². The van der Waals surface area contributed by atoms with E-state index < -0.39 is 0 Å². The molecule has 0 aromatic carbocycles. The first-order valence-electron chi connectivity index (χ1n) is 6.68. The molecule has 1 amide bonds. The van der Waals surface area contributed by atoms with E-state index in [1.165, 1.54) is 0 Å². The van der Waals surface area contributed by atoms with E-state index in [0.29, 0.717) is 0 Å². The van der Waals surface area contributed by atoms with Gasteiger partial charge in [-0.1, -0.05) is 13.8 Å². The van der Waals surface area contributed by atoms with Gasteiger partial charge in [-0.2, -0.15) is 0 Å². The number of nitrogens with zero attached hydrogens (tertiary/aromatic N) is 2. The lowest BCUT2D eigenvalue weighted by Gasteiger charge is -2.23. The lowest BCUT2D eigenvalue weighted by Crippen LogP contribution is -2.43. The molecule has 1 aliphatic rings. The Kier molecular flexibility index (Phi) is 4.95. The van der Waals surface area contributed by atoms with Crippen molar-refractivity contribution in [3.05, 3.63) is 0 Å². The summed E-state index contributed by atoms with van der Waals surface area (Å²) in [5.74, 6) is 0.269. The molecule has 1 rings (SSSR count). The maximum absolute atomic E-state index is 12.4. The third-order valence-corrected chi connectivity index (χ3v) is 3.69. The number of amides is 1. The number of carbonyl (C=O) groups excluding carboxylic acids is 1. The summed E-state index contributed by atoms with van der Waals surface area (Å²) in [6.07, 6.45) is 3.08. The molecule has 1 fully saturated rings. The van der Waals surface area contributed by atoms with Crippen molar-refractivity contribution in [3.8, 4) is 0 Å². The van der Waals surface area contributed by atoms with Crippen LogP contribution in [-0.4, -0.2) is 54.6 Å². The van der Waals surface area contributed by atoms with Crippen molar-refractivity contribution in [2.75, 3.05) is 27.2 Å². The average molecular weight is 241 g/mol. The van der Waals surface area contributed by atoms with Crippen molar-refractivity contribution in [1.82, 2.24) is 15.1 Å². The first-order valence-corrected chi connectivity index (χ1v) is 6.68. The highest BCUT2D eigenvalue weighted by molar-refractivity contribution is 5.88. The van der Waals surface area contributed by atoms with Crippen LogP contribution in [0, 0.1) is 0 Å². The standard InChI is InChI=1S/C13H27N3O/c1-6-11-14-13(3,7-2)12(17)16(11)10-8-9-15(4)5/h11,14H,6-10H2,1-5H3. The molecule has 0 spiro atoms. The third-order valence-electron chi connectivity index (χ3n) is 3.69. The highest BCUT2D eigenvalue weighted by Gasteiger charge is 2.45. The zero-order valence-electron chi connectivity index (χ0n) is 11.9. The van der Waals surface area contributed by atoms with E-state index >= 15 is 0 Å². The monoisotopic (exact) mass is 241 g/mol. The number of hydrogen-bond donors (Lipinski definition) is 1. The fraction of sp³-hybridized carbons (Fsp3) is 0.923. The Morgan fingerprint density at radius 1 is 1.41 bits per heavy atom. The molecule has 2 atom stereocenters. The molecule has 1 heterocycles. The van der Waals surface area contributed by atoms with E-state index in [1.807, 2.05) is 11.8 Å². The molecule has 0 bridgehead atoms. The van der Waals surface area contributed by atoms with Crippen LogP contribution in [0.1, 0.15) is 40.0 Å². The van der Waals surface area contributed by atoms with Gasteiger partial charge in [0.15, 0.2) is 0 Å². The highest BCUT2D eigenvalue weighted by Crippen LogP contribution is 2.24. The molecule has 0 aliphatic carbocycles. The summed E-state index contributed by atoms with van der Waals surface area (Å²) in [5, 5.41) is 3.47. The van der Waals surface area contributed by atoms with Gasteiger partial charge in [0.2, 0.25) is 5.91 Å². The Morgan fingerprint density at radius 2 is 2.06 bits per heavy atom. The zero-order valence-corrected chi connectivity index (χ0v) is 11.9. The molecule has 0 radical (unpaired) electrons. The largest absolute Gasteiger partial charge is 0.326 e. The fourth-order valence-corrected chi connectivity index (χ4v) is 2.36. The second-order valence-corrected chi connectivity index (χ2v) is 5.41. The third kappa shape index (κ3) is 3.19. The summed E-state index contributed by atoms with van der Waals surface area (Å²) >= 11 is 0. The van der Waals surface area contributed by atoms with E-state index in [1.54, 1.807) is 0 Å². The van der Waals surface area contributed by atoms with Crippen molar-refractivity contribution < 1.29 is 4.79 Å². The van der Waals surface area contributed by atoms with Crippen molar-refractivity contribution >= 4 is 5.91 Å². The van der Waals surface area contributed by atoms with Crippen molar-refractivity contribution in [2.45, 2.75) is 51.7 Å². The van der Waals surface area contributed by atoms with Gasteiger partial charge >= 0.3 is 0 Å². The predicted octanol–water partition coefficient (Wildman–Crippen LogP) is 1.27. The molecular formula is C13H27N3O. The smallest absolute Gasteiger partial charge is 0.243 e. The van der Waals surface area contributed by atoms with Crippen LogP contribution >= 0.6 is 0 Å². The Hall–Kier alpha value is -0.610. The van der Waals surface area contributed by atoms with E-state index in [4.69, 9.17) is 0 Å². The Bertz CT molecular complexity index is 267. The average Bonchev–Trinajstić information content (AvgIpc) is 2.53. The van der Waals surface area contributed by atoms with Crippen LogP contribution in [0.15, 0.2) is 0 Å². The minimum Gasteiger partial charge on any atom is -0.326 e. The SMILES string of the molecule is CCC1NC(C)(CC)C(=O)N1CCCN(C)C. The summed E-state index contributed by atoms with van der Waals surface area (Å²) in [5.41, 5.74) is -0.348. The van der Waals surface area contributed by atoms with Gasteiger partial charge in [-0.25, -0.2) is 0 Å². The molecule has 4 nitrogen and oxygen atoms in total. The summed E-state index contributed by atoms with van der Waals surface area (Å²) in [6.45, 7) is 8.11. The van der Waals surface area contributed by atoms with Gasteiger partial charge in [0.25, 0.3) is 0 Å². The molecule has 0 aromatic rings. The lowest BCUT2D eigenvalue weighted by atomic mass is 9.99. The first-order chi connectivity index (χ1) is 7.94. The van der Waals surface area contributed by atoms with E-state index in [9.17, 15) is 4.79 Å². The van der Waals surface area contributed by atoms with Crippen molar-refractivity contribution in [3.63, 3.8) is 0 Å². The quantitative estimate of drug-likeness (QED) is 0.761. The van der Waals surface area contributed by atoms with Crippen LogP contribution in [0.4, 0.5) is 0 Å². The van der Waals surface area contributed by atoms with Crippen molar-refractivity contribution in [1.29, 1.82) is 0 Å². The van der Waals surface area contributed by atoms with E-state index in [-0.39, 0.29) is 17.6 Å². The Balaban J connectivity index is 2.60. The van der Waals surface area contributed by atoms with Gasteiger partial charge in [-0.05, 0) is 46.8 Å². The summed E-state index contributed by atoms with van der Waals surface area (Å²) in [6, 6.07) is 0.